The van der Waals surface area contributed by atoms with Crippen molar-refractivity contribution in [3.63, 3.8) is 0 Å². The lowest BCUT2D eigenvalue weighted by atomic mass is 10.1. The van der Waals surface area contributed by atoms with Crippen molar-refractivity contribution in [3.05, 3.63) is 58.6 Å². The SMILES string of the molecule is NS(=O)(=O)c1ccc2c(c1)N(C(=O)c1cccc(Cl)c1)CC2. The molecule has 0 saturated carbocycles. The molecule has 0 aromatic heterocycles. The van der Waals surface area contributed by atoms with E-state index < -0.39 is 10.0 Å². The first-order valence-electron chi connectivity index (χ1n) is 6.59. The third kappa shape index (κ3) is 2.72. The predicted octanol–water partition coefficient (Wildman–Crippen LogP) is 2.19. The van der Waals surface area contributed by atoms with Gasteiger partial charge in [0.2, 0.25) is 10.0 Å². The molecule has 0 aliphatic carbocycles. The predicted molar refractivity (Wildman–Crippen MR) is 84.6 cm³/mol. The Bertz CT molecular complexity index is 865. The number of nitrogens with two attached hydrogens (primary N) is 1. The summed E-state index contributed by atoms with van der Waals surface area (Å²) in [5.41, 5.74) is 1.96. The van der Waals surface area contributed by atoms with E-state index in [9.17, 15) is 13.2 Å². The van der Waals surface area contributed by atoms with Gasteiger partial charge in [0.25, 0.3) is 5.91 Å². The van der Waals surface area contributed by atoms with Gasteiger partial charge >= 0.3 is 0 Å². The van der Waals surface area contributed by atoms with Gasteiger partial charge in [0.15, 0.2) is 0 Å². The maximum absolute atomic E-state index is 12.6. The quantitative estimate of drug-likeness (QED) is 0.912. The fourth-order valence-corrected chi connectivity index (χ4v) is 3.25. The van der Waals surface area contributed by atoms with Crippen LogP contribution in [0.2, 0.25) is 5.02 Å². The fraction of sp³-hybridized carbons (Fsp3) is 0.133. The summed E-state index contributed by atoms with van der Waals surface area (Å²) in [5, 5.41) is 5.63. The minimum absolute atomic E-state index is 0.00274. The third-order valence-corrected chi connectivity index (χ3v) is 4.74. The first-order chi connectivity index (χ1) is 10.4. The molecule has 1 aliphatic rings. The van der Waals surface area contributed by atoms with Gasteiger partial charge in [-0.25, -0.2) is 13.6 Å². The van der Waals surface area contributed by atoms with E-state index in [2.05, 4.69) is 0 Å². The molecular weight excluding hydrogens is 324 g/mol. The zero-order valence-electron chi connectivity index (χ0n) is 11.5. The number of nitrogens with zero attached hydrogens (tertiary/aromatic N) is 1. The van der Waals surface area contributed by atoms with Crippen molar-refractivity contribution >= 4 is 33.2 Å². The highest BCUT2D eigenvalue weighted by atomic mass is 35.5. The molecule has 2 N–H and O–H groups in total. The Morgan fingerprint density at radius 1 is 1.18 bits per heavy atom. The maximum atomic E-state index is 12.6. The molecule has 0 spiro atoms. The van der Waals surface area contributed by atoms with E-state index >= 15 is 0 Å². The Hall–Kier alpha value is -1.89. The molecule has 114 valence electrons. The average Bonchev–Trinajstić information content (AvgIpc) is 2.88. The number of anilines is 1. The van der Waals surface area contributed by atoms with Crippen LogP contribution in [0.4, 0.5) is 5.69 Å². The molecule has 0 atom stereocenters. The molecule has 1 heterocycles. The summed E-state index contributed by atoms with van der Waals surface area (Å²) in [6.07, 6.45) is 0.673. The van der Waals surface area contributed by atoms with Gasteiger partial charge in [0, 0.05) is 22.8 Å². The number of halogens is 1. The van der Waals surface area contributed by atoms with Gasteiger partial charge in [-0.15, -0.1) is 0 Å². The van der Waals surface area contributed by atoms with Gasteiger partial charge in [0.1, 0.15) is 0 Å². The summed E-state index contributed by atoms with van der Waals surface area (Å²) in [6, 6.07) is 11.3. The van der Waals surface area contributed by atoms with Gasteiger partial charge < -0.3 is 4.90 Å². The number of carbonyl (C=O) groups is 1. The summed E-state index contributed by atoms with van der Waals surface area (Å²) >= 11 is 5.91. The van der Waals surface area contributed by atoms with Gasteiger partial charge in [-0.1, -0.05) is 23.7 Å². The van der Waals surface area contributed by atoms with Crippen molar-refractivity contribution < 1.29 is 13.2 Å². The molecule has 7 heteroatoms. The van der Waals surface area contributed by atoms with Crippen LogP contribution in [-0.4, -0.2) is 20.9 Å². The average molecular weight is 337 g/mol. The monoisotopic (exact) mass is 336 g/mol. The van der Waals surface area contributed by atoms with Crippen molar-refractivity contribution in [2.75, 3.05) is 11.4 Å². The summed E-state index contributed by atoms with van der Waals surface area (Å²) in [4.78, 5) is 14.2. The van der Waals surface area contributed by atoms with Crippen molar-refractivity contribution in [1.82, 2.24) is 0 Å². The summed E-state index contributed by atoms with van der Waals surface area (Å²) in [5.74, 6) is -0.215. The highest BCUT2D eigenvalue weighted by molar-refractivity contribution is 7.89. The molecule has 2 aromatic carbocycles. The van der Waals surface area contributed by atoms with E-state index in [1.54, 1.807) is 35.2 Å². The standard InChI is InChI=1S/C15H13ClN2O3S/c16-12-3-1-2-11(8-12)15(19)18-7-6-10-4-5-13(9-14(10)18)22(17,20)21/h1-5,8-9H,6-7H2,(H2,17,20,21). The van der Waals surface area contributed by atoms with Crippen LogP contribution >= 0.6 is 11.6 Å². The van der Waals surface area contributed by atoms with Gasteiger partial charge in [-0.3, -0.25) is 4.79 Å². The van der Waals surface area contributed by atoms with Crippen molar-refractivity contribution in [3.8, 4) is 0 Å². The van der Waals surface area contributed by atoms with Crippen LogP contribution in [0.5, 0.6) is 0 Å². The Kier molecular flexibility index (Phi) is 3.68. The zero-order chi connectivity index (χ0) is 15.9. The minimum atomic E-state index is -3.80. The Labute approximate surface area is 133 Å². The second-order valence-corrected chi connectivity index (χ2v) is 7.05. The number of benzene rings is 2. The van der Waals surface area contributed by atoms with Crippen LogP contribution in [-0.2, 0) is 16.4 Å². The van der Waals surface area contributed by atoms with Gasteiger partial charge in [-0.05, 0) is 42.3 Å². The van der Waals surface area contributed by atoms with E-state index in [1.807, 2.05) is 0 Å². The number of hydrogen-bond donors (Lipinski definition) is 1. The number of rotatable bonds is 2. The van der Waals surface area contributed by atoms with Crippen LogP contribution in [0.25, 0.3) is 0 Å². The second kappa shape index (κ2) is 5.39. The molecule has 0 saturated heterocycles. The number of hydrogen-bond acceptors (Lipinski definition) is 3. The first-order valence-corrected chi connectivity index (χ1v) is 8.52. The highest BCUT2D eigenvalue weighted by Gasteiger charge is 2.27. The van der Waals surface area contributed by atoms with Crippen LogP contribution in [0.15, 0.2) is 47.4 Å². The van der Waals surface area contributed by atoms with Crippen LogP contribution in [0.3, 0.4) is 0 Å². The lowest BCUT2D eigenvalue weighted by Crippen LogP contribution is -2.29. The lowest BCUT2D eigenvalue weighted by molar-refractivity contribution is 0.0989. The number of primary sulfonamides is 1. The zero-order valence-corrected chi connectivity index (χ0v) is 13.1. The molecule has 0 fully saturated rings. The Morgan fingerprint density at radius 3 is 2.64 bits per heavy atom. The number of sulfonamides is 1. The lowest BCUT2D eigenvalue weighted by Gasteiger charge is -2.18. The number of carbonyl (C=O) groups excluding carboxylic acids is 1. The van der Waals surface area contributed by atoms with Crippen molar-refractivity contribution in [1.29, 1.82) is 0 Å². The van der Waals surface area contributed by atoms with Gasteiger partial charge in [0.05, 0.1) is 4.90 Å². The molecule has 22 heavy (non-hydrogen) atoms. The van der Waals surface area contributed by atoms with E-state index in [-0.39, 0.29) is 10.8 Å². The highest BCUT2D eigenvalue weighted by Crippen LogP contribution is 2.31. The normalized spacial score (nSPS) is 14.0. The van der Waals surface area contributed by atoms with Crippen LogP contribution in [0, 0.1) is 0 Å². The summed E-state index contributed by atoms with van der Waals surface area (Å²) in [7, 11) is -3.80. The molecule has 2 aromatic rings. The fourth-order valence-electron chi connectivity index (χ4n) is 2.52. The molecular formula is C15H13ClN2O3S. The molecule has 1 aliphatic heterocycles. The minimum Gasteiger partial charge on any atom is -0.308 e. The molecule has 5 nitrogen and oxygen atoms in total. The Balaban J connectivity index is 2.02. The third-order valence-electron chi connectivity index (χ3n) is 3.60. The van der Waals surface area contributed by atoms with E-state index in [4.69, 9.17) is 16.7 Å². The topological polar surface area (TPSA) is 80.5 Å². The number of amides is 1. The van der Waals surface area contributed by atoms with Crippen molar-refractivity contribution in [2.45, 2.75) is 11.3 Å². The van der Waals surface area contributed by atoms with Crippen LogP contribution < -0.4 is 10.0 Å². The smallest absolute Gasteiger partial charge is 0.258 e. The molecule has 0 bridgehead atoms. The molecule has 3 rings (SSSR count). The number of fused-ring (bicyclic) bond motifs is 1. The van der Waals surface area contributed by atoms with E-state index in [0.29, 0.717) is 29.2 Å². The van der Waals surface area contributed by atoms with Crippen molar-refractivity contribution in [2.24, 2.45) is 5.14 Å². The first kappa shape index (κ1) is 15.0. The van der Waals surface area contributed by atoms with Crippen LogP contribution in [0.1, 0.15) is 15.9 Å². The Morgan fingerprint density at radius 2 is 1.95 bits per heavy atom. The van der Waals surface area contributed by atoms with E-state index in [1.165, 1.54) is 12.1 Å². The second-order valence-electron chi connectivity index (χ2n) is 5.05. The molecule has 0 radical (unpaired) electrons. The largest absolute Gasteiger partial charge is 0.308 e. The van der Waals surface area contributed by atoms with Gasteiger partial charge in [-0.2, -0.15) is 0 Å². The molecule has 0 unspecified atom stereocenters. The summed E-state index contributed by atoms with van der Waals surface area (Å²) in [6.45, 7) is 0.495. The van der Waals surface area contributed by atoms with E-state index in [0.717, 1.165) is 5.56 Å². The molecule has 1 amide bonds. The summed E-state index contributed by atoms with van der Waals surface area (Å²) < 4.78 is 23.0. The maximum Gasteiger partial charge on any atom is 0.258 e.